The van der Waals surface area contributed by atoms with Crippen LogP contribution in [0.4, 0.5) is 5.69 Å². The summed E-state index contributed by atoms with van der Waals surface area (Å²) in [6, 6.07) is 6.96. The summed E-state index contributed by atoms with van der Waals surface area (Å²) in [7, 11) is 0. The van der Waals surface area contributed by atoms with Crippen LogP contribution in [0.3, 0.4) is 0 Å². The molecule has 2 fully saturated rings. The second kappa shape index (κ2) is 6.33. The summed E-state index contributed by atoms with van der Waals surface area (Å²) in [5, 5.41) is 2.70. The number of amides is 2. The van der Waals surface area contributed by atoms with E-state index >= 15 is 0 Å². The van der Waals surface area contributed by atoms with Crippen LogP contribution in [0.15, 0.2) is 18.2 Å². The van der Waals surface area contributed by atoms with Crippen molar-refractivity contribution in [2.45, 2.75) is 38.9 Å². The van der Waals surface area contributed by atoms with Gasteiger partial charge in [-0.25, -0.2) is 0 Å². The molecule has 3 aliphatic heterocycles. The molecule has 25 heavy (non-hydrogen) atoms. The van der Waals surface area contributed by atoms with Crippen molar-refractivity contribution in [2.24, 2.45) is 0 Å². The number of fused-ring (bicyclic) bond motifs is 2. The number of hydrogen-bond donors (Lipinski definition) is 1. The Kier molecular flexibility index (Phi) is 4.15. The maximum absolute atomic E-state index is 12.1. The summed E-state index contributed by atoms with van der Waals surface area (Å²) in [5.74, 6) is 0.0152. The highest BCUT2D eigenvalue weighted by atomic mass is 16.2. The Labute approximate surface area is 148 Å². The average molecular weight is 342 g/mol. The molecular formula is C19H26N4O2. The van der Waals surface area contributed by atoms with E-state index in [1.165, 1.54) is 16.8 Å². The quantitative estimate of drug-likeness (QED) is 0.874. The van der Waals surface area contributed by atoms with E-state index in [4.69, 9.17) is 0 Å². The number of nitrogens with one attached hydrogen (secondary N) is 1. The largest absolute Gasteiger partial charge is 0.369 e. The third kappa shape index (κ3) is 2.99. The summed E-state index contributed by atoms with van der Waals surface area (Å²) in [6.07, 6.45) is 1.11. The standard InChI is InChI=1S/C19H26N4O2/c1-13(2)22-6-5-15-9-14(3-4-16(15)22)11-21-7-8-23-17(12-21)19(25)20-10-18(23)24/h3-4,9,13,17H,5-8,10-12H2,1-2H3,(H,20,25). The molecule has 1 N–H and O–H groups in total. The highest BCUT2D eigenvalue weighted by molar-refractivity contribution is 5.95. The number of anilines is 1. The average Bonchev–Trinajstić information content (AvgIpc) is 3.02. The Hall–Kier alpha value is -2.08. The second-order valence-corrected chi connectivity index (χ2v) is 7.56. The van der Waals surface area contributed by atoms with E-state index in [1.54, 1.807) is 4.90 Å². The number of carbonyl (C=O) groups excluding carboxylic acids is 2. The van der Waals surface area contributed by atoms with E-state index in [-0.39, 0.29) is 24.4 Å². The minimum absolute atomic E-state index is 0.0224. The molecule has 1 aromatic carbocycles. The van der Waals surface area contributed by atoms with Crippen molar-refractivity contribution in [3.05, 3.63) is 29.3 Å². The summed E-state index contributed by atoms with van der Waals surface area (Å²) >= 11 is 0. The maximum atomic E-state index is 12.1. The lowest BCUT2D eigenvalue weighted by molar-refractivity contribution is -0.149. The van der Waals surface area contributed by atoms with E-state index in [0.717, 1.165) is 26.1 Å². The van der Waals surface area contributed by atoms with Gasteiger partial charge < -0.3 is 15.1 Å². The lowest BCUT2D eigenvalue weighted by Gasteiger charge is -2.43. The molecule has 134 valence electrons. The third-order valence-corrected chi connectivity index (χ3v) is 5.61. The van der Waals surface area contributed by atoms with Crippen LogP contribution in [0, 0.1) is 0 Å². The minimum atomic E-state index is -0.333. The first-order valence-corrected chi connectivity index (χ1v) is 9.21. The SMILES string of the molecule is CC(C)N1CCc2cc(CN3CCN4C(=O)CNC(=O)C4C3)ccc21. The number of hydrogen-bond acceptors (Lipinski definition) is 4. The van der Waals surface area contributed by atoms with Gasteiger partial charge in [0, 0.05) is 44.5 Å². The monoisotopic (exact) mass is 342 g/mol. The lowest BCUT2D eigenvalue weighted by atomic mass is 10.1. The Morgan fingerprint density at radius 2 is 2.04 bits per heavy atom. The normalized spacial score (nSPS) is 23.7. The zero-order valence-electron chi connectivity index (χ0n) is 15.0. The van der Waals surface area contributed by atoms with Gasteiger partial charge in [0.05, 0.1) is 6.54 Å². The van der Waals surface area contributed by atoms with Gasteiger partial charge in [0.2, 0.25) is 11.8 Å². The maximum Gasteiger partial charge on any atom is 0.244 e. The highest BCUT2D eigenvalue weighted by Crippen LogP contribution is 2.31. The zero-order chi connectivity index (χ0) is 17.6. The van der Waals surface area contributed by atoms with E-state index in [0.29, 0.717) is 19.1 Å². The van der Waals surface area contributed by atoms with Gasteiger partial charge in [-0.15, -0.1) is 0 Å². The summed E-state index contributed by atoms with van der Waals surface area (Å²) in [5.41, 5.74) is 4.08. The molecule has 2 saturated heterocycles. The Morgan fingerprint density at radius 1 is 1.20 bits per heavy atom. The number of carbonyl (C=O) groups is 2. The molecule has 4 rings (SSSR count). The van der Waals surface area contributed by atoms with E-state index in [1.807, 2.05) is 0 Å². The van der Waals surface area contributed by atoms with Crippen LogP contribution in [0.25, 0.3) is 0 Å². The van der Waals surface area contributed by atoms with Crippen LogP contribution >= 0.6 is 0 Å². The van der Waals surface area contributed by atoms with Crippen LogP contribution in [-0.2, 0) is 22.6 Å². The molecule has 2 amide bonds. The van der Waals surface area contributed by atoms with Crippen molar-refractivity contribution in [3.8, 4) is 0 Å². The van der Waals surface area contributed by atoms with Crippen molar-refractivity contribution in [2.75, 3.05) is 37.6 Å². The first-order valence-electron chi connectivity index (χ1n) is 9.21. The first kappa shape index (κ1) is 16.4. The van der Waals surface area contributed by atoms with Crippen LogP contribution in [0.2, 0.25) is 0 Å². The summed E-state index contributed by atoms with van der Waals surface area (Å²) in [4.78, 5) is 30.5. The lowest BCUT2D eigenvalue weighted by Crippen LogP contribution is -2.65. The fourth-order valence-electron chi connectivity index (χ4n) is 4.26. The molecule has 3 heterocycles. The fourth-order valence-corrected chi connectivity index (χ4v) is 4.26. The fraction of sp³-hybridized carbons (Fsp3) is 0.579. The molecule has 0 bridgehead atoms. The molecule has 0 spiro atoms. The van der Waals surface area contributed by atoms with Gasteiger partial charge in [-0.2, -0.15) is 0 Å². The zero-order valence-corrected chi connectivity index (χ0v) is 15.0. The Balaban J connectivity index is 1.45. The highest BCUT2D eigenvalue weighted by Gasteiger charge is 2.38. The predicted octanol–water partition coefficient (Wildman–Crippen LogP) is 0.600. The van der Waals surface area contributed by atoms with Crippen molar-refractivity contribution >= 4 is 17.5 Å². The smallest absolute Gasteiger partial charge is 0.244 e. The summed E-state index contributed by atoms with van der Waals surface area (Å²) in [6.45, 7) is 8.63. The van der Waals surface area contributed by atoms with E-state index in [2.05, 4.69) is 47.2 Å². The second-order valence-electron chi connectivity index (χ2n) is 7.56. The third-order valence-electron chi connectivity index (χ3n) is 5.61. The number of nitrogens with zero attached hydrogens (tertiary/aromatic N) is 3. The molecular weight excluding hydrogens is 316 g/mol. The van der Waals surface area contributed by atoms with Crippen LogP contribution < -0.4 is 10.2 Å². The van der Waals surface area contributed by atoms with Crippen molar-refractivity contribution < 1.29 is 9.59 Å². The first-order chi connectivity index (χ1) is 12.0. The van der Waals surface area contributed by atoms with Gasteiger partial charge >= 0.3 is 0 Å². The van der Waals surface area contributed by atoms with Gasteiger partial charge in [-0.05, 0) is 37.5 Å². The van der Waals surface area contributed by atoms with Gasteiger partial charge in [0.25, 0.3) is 0 Å². The van der Waals surface area contributed by atoms with Crippen molar-refractivity contribution in [3.63, 3.8) is 0 Å². The van der Waals surface area contributed by atoms with Crippen molar-refractivity contribution in [1.82, 2.24) is 15.1 Å². The van der Waals surface area contributed by atoms with Crippen LogP contribution in [0.1, 0.15) is 25.0 Å². The molecule has 0 aromatic heterocycles. The van der Waals surface area contributed by atoms with E-state index in [9.17, 15) is 9.59 Å². The minimum Gasteiger partial charge on any atom is -0.369 e. The molecule has 0 aliphatic carbocycles. The number of piperazine rings is 2. The van der Waals surface area contributed by atoms with Crippen LogP contribution in [0.5, 0.6) is 0 Å². The molecule has 1 atom stereocenters. The molecule has 0 saturated carbocycles. The Bertz CT molecular complexity index is 703. The van der Waals surface area contributed by atoms with Gasteiger partial charge in [0.15, 0.2) is 0 Å². The van der Waals surface area contributed by atoms with Crippen LogP contribution in [-0.4, -0.2) is 66.4 Å². The molecule has 3 aliphatic rings. The van der Waals surface area contributed by atoms with Crippen molar-refractivity contribution in [1.29, 1.82) is 0 Å². The number of rotatable bonds is 3. The van der Waals surface area contributed by atoms with Gasteiger partial charge in [-0.1, -0.05) is 12.1 Å². The van der Waals surface area contributed by atoms with Gasteiger partial charge in [0.1, 0.15) is 6.04 Å². The molecule has 1 unspecified atom stereocenters. The molecule has 6 heteroatoms. The Morgan fingerprint density at radius 3 is 2.84 bits per heavy atom. The van der Waals surface area contributed by atoms with E-state index < -0.39 is 0 Å². The topological polar surface area (TPSA) is 55.9 Å². The predicted molar refractivity (Wildman–Crippen MR) is 96.4 cm³/mol. The van der Waals surface area contributed by atoms with Gasteiger partial charge in [-0.3, -0.25) is 14.5 Å². The molecule has 1 aromatic rings. The molecule has 6 nitrogen and oxygen atoms in total. The number of benzene rings is 1. The summed E-state index contributed by atoms with van der Waals surface area (Å²) < 4.78 is 0. The molecule has 0 radical (unpaired) electrons.